The van der Waals surface area contributed by atoms with Crippen LogP contribution in [0.25, 0.3) is 0 Å². The van der Waals surface area contributed by atoms with Gasteiger partial charge >= 0.3 is 6.03 Å². The average molecular weight is 438 g/mol. The molecule has 2 aromatic carbocycles. The Bertz CT molecular complexity index is 1010. The van der Waals surface area contributed by atoms with Crippen molar-refractivity contribution >= 4 is 17.6 Å². The van der Waals surface area contributed by atoms with Gasteiger partial charge in [0.2, 0.25) is 5.91 Å². The van der Waals surface area contributed by atoms with E-state index in [1.807, 2.05) is 18.2 Å². The summed E-state index contributed by atoms with van der Waals surface area (Å²) in [5.74, 6) is 0.676. The number of rotatable bonds is 4. The Morgan fingerprint density at radius 1 is 1.09 bits per heavy atom. The lowest BCUT2D eigenvalue weighted by molar-refractivity contribution is -0.122. The zero-order chi connectivity index (χ0) is 22.1. The highest BCUT2D eigenvalue weighted by Gasteiger charge is 2.44. The van der Waals surface area contributed by atoms with Gasteiger partial charge in [0.1, 0.15) is 17.2 Å². The van der Waals surface area contributed by atoms with Crippen LogP contribution >= 0.6 is 0 Å². The van der Waals surface area contributed by atoms with E-state index in [1.165, 1.54) is 12.1 Å². The second-order valence-corrected chi connectivity index (χ2v) is 9.20. The minimum absolute atomic E-state index is 0.103. The minimum Gasteiger partial charge on any atom is -0.487 e. The molecular formula is C25H28FN3O3. The zero-order valence-corrected chi connectivity index (χ0v) is 18.0. The number of urea groups is 1. The molecule has 32 heavy (non-hydrogen) atoms. The molecule has 1 saturated carbocycles. The molecule has 7 heteroatoms. The number of benzene rings is 2. The first-order chi connectivity index (χ1) is 15.5. The number of anilines is 1. The Morgan fingerprint density at radius 2 is 1.88 bits per heavy atom. The summed E-state index contributed by atoms with van der Waals surface area (Å²) in [6.07, 6.45) is 4.77. The molecule has 0 radical (unpaired) electrons. The van der Waals surface area contributed by atoms with E-state index in [2.05, 4.69) is 16.7 Å². The van der Waals surface area contributed by atoms with E-state index < -0.39 is 0 Å². The van der Waals surface area contributed by atoms with Crippen LogP contribution in [0.5, 0.6) is 5.75 Å². The van der Waals surface area contributed by atoms with Gasteiger partial charge in [-0.05, 0) is 49.1 Å². The van der Waals surface area contributed by atoms with Crippen LogP contribution in [0.4, 0.5) is 14.9 Å². The topological polar surface area (TPSA) is 70.7 Å². The third-order valence-electron chi connectivity index (χ3n) is 6.72. The molecule has 1 spiro atoms. The highest BCUT2D eigenvalue weighted by atomic mass is 19.1. The Hall–Kier alpha value is -3.09. The Balaban J connectivity index is 1.25. The molecule has 3 aliphatic rings. The molecule has 0 unspecified atom stereocenters. The molecule has 1 atom stereocenters. The smallest absolute Gasteiger partial charge is 0.321 e. The van der Waals surface area contributed by atoms with Crippen LogP contribution in [0.1, 0.15) is 50.0 Å². The number of para-hydroxylation sites is 1. The molecule has 5 rings (SSSR count). The van der Waals surface area contributed by atoms with Crippen molar-refractivity contribution in [3.8, 4) is 5.75 Å². The number of hydrogen-bond donors (Lipinski definition) is 2. The van der Waals surface area contributed by atoms with E-state index in [0.29, 0.717) is 44.1 Å². The molecule has 2 fully saturated rings. The molecular weight excluding hydrogens is 409 g/mol. The van der Waals surface area contributed by atoms with Gasteiger partial charge in [0, 0.05) is 50.0 Å². The third kappa shape index (κ3) is 4.56. The first-order valence-corrected chi connectivity index (χ1v) is 11.4. The van der Waals surface area contributed by atoms with Crippen molar-refractivity contribution in [1.29, 1.82) is 0 Å². The van der Waals surface area contributed by atoms with E-state index in [9.17, 15) is 14.0 Å². The normalized spacial score (nSPS) is 21.4. The monoisotopic (exact) mass is 437 g/mol. The standard InChI is InChI=1S/C25H28FN3O3/c26-18-4-3-5-20(15-18)28-24(31)29-12-10-25(11-13-29)16-17(14-23(30)27-19-8-9-19)21-6-1-2-7-22(21)32-25/h1-7,15,17,19H,8-14,16H2,(H,27,30)(H,28,31)/t17-/m1/s1. The summed E-state index contributed by atoms with van der Waals surface area (Å²) < 4.78 is 19.9. The van der Waals surface area contributed by atoms with Gasteiger partial charge < -0.3 is 20.3 Å². The second kappa shape index (κ2) is 8.45. The van der Waals surface area contributed by atoms with Crippen molar-refractivity contribution in [3.63, 3.8) is 0 Å². The van der Waals surface area contributed by atoms with E-state index in [0.717, 1.165) is 30.6 Å². The lowest BCUT2D eigenvalue weighted by Crippen LogP contribution is -2.52. The number of piperidine rings is 1. The number of nitrogens with zero attached hydrogens (tertiary/aromatic N) is 1. The van der Waals surface area contributed by atoms with E-state index in [4.69, 9.17) is 4.74 Å². The van der Waals surface area contributed by atoms with Crippen LogP contribution in [0, 0.1) is 5.82 Å². The van der Waals surface area contributed by atoms with Crippen LogP contribution in [0.3, 0.4) is 0 Å². The molecule has 1 aliphatic carbocycles. The summed E-state index contributed by atoms with van der Waals surface area (Å²) in [7, 11) is 0. The number of carbonyl (C=O) groups is 2. The molecule has 2 heterocycles. The summed E-state index contributed by atoms with van der Waals surface area (Å²) in [6, 6.07) is 14.0. The van der Waals surface area contributed by atoms with Gasteiger partial charge in [-0.15, -0.1) is 0 Å². The highest BCUT2D eigenvalue weighted by Crippen LogP contribution is 2.46. The molecule has 6 nitrogen and oxygen atoms in total. The van der Waals surface area contributed by atoms with Crippen molar-refractivity contribution in [2.24, 2.45) is 0 Å². The number of carbonyl (C=O) groups excluding carboxylic acids is 2. The van der Waals surface area contributed by atoms with Gasteiger partial charge in [-0.2, -0.15) is 0 Å². The van der Waals surface area contributed by atoms with Crippen molar-refractivity contribution in [2.45, 2.75) is 56.1 Å². The number of likely N-dealkylation sites (tertiary alicyclic amines) is 1. The fourth-order valence-electron chi connectivity index (χ4n) is 4.86. The summed E-state index contributed by atoms with van der Waals surface area (Å²) in [5, 5.41) is 5.88. The largest absolute Gasteiger partial charge is 0.487 e. The van der Waals surface area contributed by atoms with Crippen LogP contribution in [-0.2, 0) is 4.79 Å². The van der Waals surface area contributed by atoms with Gasteiger partial charge in [-0.25, -0.2) is 9.18 Å². The molecule has 2 aromatic rings. The van der Waals surface area contributed by atoms with E-state index in [-0.39, 0.29) is 29.3 Å². The quantitative estimate of drug-likeness (QED) is 0.744. The third-order valence-corrected chi connectivity index (χ3v) is 6.72. The number of halogens is 1. The number of hydrogen-bond acceptors (Lipinski definition) is 3. The Kier molecular flexibility index (Phi) is 5.49. The fourth-order valence-corrected chi connectivity index (χ4v) is 4.86. The number of fused-ring (bicyclic) bond motifs is 1. The predicted molar refractivity (Wildman–Crippen MR) is 119 cm³/mol. The van der Waals surface area contributed by atoms with Crippen LogP contribution < -0.4 is 15.4 Å². The molecule has 2 N–H and O–H groups in total. The zero-order valence-electron chi connectivity index (χ0n) is 18.0. The Morgan fingerprint density at radius 3 is 2.62 bits per heavy atom. The van der Waals surface area contributed by atoms with E-state index in [1.54, 1.807) is 17.0 Å². The second-order valence-electron chi connectivity index (χ2n) is 9.20. The van der Waals surface area contributed by atoms with Gasteiger partial charge in [-0.1, -0.05) is 24.3 Å². The van der Waals surface area contributed by atoms with Crippen LogP contribution in [-0.4, -0.2) is 41.6 Å². The van der Waals surface area contributed by atoms with Crippen molar-refractivity contribution in [2.75, 3.05) is 18.4 Å². The van der Waals surface area contributed by atoms with Crippen LogP contribution in [0.2, 0.25) is 0 Å². The SMILES string of the molecule is O=C(C[C@@H]1CC2(CCN(C(=O)Nc3cccc(F)c3)CC2)Oc2ccccc21)NC1CC1. The van der Waals surface area contributed by atoms with Crippen molar-refractivity contribution < 1.29 is 18.7 Å². The summed E-state index contributed by atoms with van der Waals surface area (Å²) in [4.78, 5) is 27.0. The number of nitrogens with one attached hydrogen (secondary N) is 2. The van der Waals surface area contributed by atoms with Gasteiger partial charge in [0.25, 0.3) is 0 Å². The number of ether oxygens (including phenoxy) is 1. The van der Waals surface area contributed by atoms with Crippen molar-refractivity contribution in [3.05, 3.63) is 59.9 Å². The molecule has 168 valence electrons. The molecule has 1 saturated heterocycles. The Labute approximate surface area is 187 Å². The first kappa shape index (κ1) is 20.8. The summed E-state index contributed by atoms with van der Waals surface area (Å²) in [5.41, 5.74) is 1.16. The van der Waals surface area contributed by atoms with Crippen molar-refractivity contribution in [1.82, 2.24) is 10.2 Å². The average Bonchev–Trinajstić information content (AvgIpc) is 3.58. The summed E-state index contributed by atoms with van der Waals surface area (Å²) in [6.45, 7) is 1.09. The lowest BCUT2D eigenvalue weighted by atomic mass is 9.76. The maximum absolute atomic E-state index is 13.4. The lowest BCUT2D eigenvalue weighted by Gasteiger charge is -2.46. The first-order valence-electron chi connectivity index (χ1n) is 11.4. The number of amides is 3. The highest BCUT2D eigenvalue weighted by molar-refractivity contribution is 5.89. The molecule has 0 bridgehead atoms. The maximum atomic E-state index is 13.4. The fraction of sp³-hybridized carbons (Fsp3) is 0.440. The summed E-state index contributed by atoms with van der Waals surface area (Å²) >= 11 is 0. The van der Waals surface area contributed by atoms with E-state index >= 15 is 0 Å². The van der Waals surface area contributed by atoms with Gasteiger partial charge in [0.15, 0.2) is 0 Å². The van der Waals surface area contributed by atoms with Gasteiger partial charge in [-0.3, -0.25) is 4.79 Å². The maximum Gasteiger partial charge on any atom is 0.321 e. The molecule has 3 amide bonds. The van der Waals surface area contributed by atoms with Gasteiger partial charge in [0.05, 0.1) is 0 Å². The van der Waals surface area contributed by atoms with Crippen LogP contribution in [0.15, 0.2) is 48.5 Å². The predicted octanol–water partition coefficient (Wildman–Crippen LogP) is 4.43. The minimum atomic E-state index is -0.383. The molecule has 0 aromatic heterocycles. The molecule has 2 aliphatic heterocycles.